The van der Waals surface area contributed by atoms with Gasteiger partial charge in [0.1, 0.15) is 5.82 Å². The number of benzene rings is 1. The van der Waals surface area contributed by atoms with Gasteiger partial charge in [0.05, 0.1) is 29.4 Å². The molecule has 0 saturated carbocycles. The lowest BCUT2D eigenvalue weighted by Gasteiger charge is -2.17. The van der Waals surface area contributed by atoms with Crippen LogP contribution >= 0.6 is 11.3 Å². The van der Waals surface area contributed by atoms with Crippen LogP contribution in [0.1, 0.15) is 17.1 Å². The van der Waals surface area contributed by atoms with Gasteiger partial charge in [0.25, 0.3) is 0 Å². The Morgan fingerprint density at radius 2 is 1.83 bits per heavy atom. The van der Waals surface area contributed by atoms with Crippen molar-refractivity contribution in [3.05, 3.63) is 95.1 Å². The van der Waals surface area contributed by atoms with Crippen molar-refractivity contribution in [2.24, 2.45) is 0 Å². The third kappa shape index (κ3) is 5.40. The molecule has 0 amide bonds. The number of hydrogen-bond acceptors (Lipinski definition) is 7. The first-order chi connectivity index (χ1) is 14.8. The Balaban J connectivity index is 1.49. The number of nitrogens with one attached hydrogen (secondary N) is 1. The predicted octanol–water partition coefficient (Wildman–Crippen LogP) is 3.51. The molecule has 0 fully saturated rings. The maximum Gasteiger partial charge on any atom is 0.157 e. The SMILES string of the molecule is O=C(Cc1nccc(-c2ccncc2)n1)[C@H](Cc1ccccc1)NCc1cscn1. The Kier molecular flexibility index (Phi) is 6.64. The highest BCUT2D eigenvalue weighted by Gasteiger charge is 2.20. The second kappa shape index (κ2) is 9.96. The monoisotopic (exact) mass is 415 g/mol. The lowest BCUT2D eigenvalue weighted by atomic mass is 10.00. The van der Waals surface area contributed by atoms with Gasteiger partial charge in [0.15, 0.2) is 5.78 Å². The van der Waals surface area contributed by atoms with Gasteiger partial charge in [-0.25, -0.2) is 15.0 Å². The van der Waals surface area contributed by atoms with E-state index in [1.165, 1.54) is 0 Å². The summed E-state index contributed by atoms with van der Waals surface area (Å²) < 4.78 is 0. The minimum Gasteiger partial charge on any atom is -0.301 e. The molecule has 7 heteroatoms. The fraction of sp³-hybridized carbons (Fsp3) is 0.174. The Morgan fingerprint density at radius 3 is 2.60 bits per heavy atom. The zero-order valence-corrected chi connectivity index (χ0v) is 17.1. The van der Waals surface area contributed by atoms with Crippen LogP contribution in [0.15, 0.2) is 78.0 Å². The van der Waals surface area contributed by atoms with Gasteiger partial charge >= 0.3 is 0 Å². The van der Waals surface area contributed by atoms with Crippen LogP contribution < -0.4 is 5.32 Å². The summed E-state index contributed by atoms with van der Waals surface area (Å²) in [5.41, 5.74) is 5.56. The molecule has 0 aliphatic heterocycles. The second-order valence-electron chi connectivity index (χ2n) is 6.84. The smallest absolute Gasteiger partial charge is 0.157 e. The predicted molar refractivity (Wildman–Crippen MR) is 117 cm³/mol. The van der Waals surface area contributed by atoms with Crippen molar-refractivity contribution in [1.29, 1.82) is 0 Å². The van der Waals surface area contributed by atoms with Crippen molar-refractivity contribution in [3.8, 4) is 11.3 Å². The molecule has 0 aliphatic carbocycles. The van der Waals surface area contributed by atoms with Crippen LogP contribution in [-0.2, 0) is 24.2 Å². The first-order valence-corrected chi connectivity index (χ1v) is 10.6. The summed E-state index contributed by atoms with van der Waals surface area (Å²) in [6, 6.07) is 15.3. The number of hydrogen-bond donors (Lipinski definition) is 1. The van der Waals surface area contributed by atoms with Crippen molar-refractivity contribution in [2.75, 3.05) is 0 Å². The largest absolute Gasteiger partial charge is 0.301 e. The number of rotatable bonds is 9. The standard InChI is InChI=1S/C23H21N5OS/c29-22(13-23-25-11-8-20(28-23)18-6-9-24-10-7-18)21(12-17-4-2-1-3-5-17)26-14-19-15-30-16-27-19/h1-11,15-16,21,26H,12-14H2/t21-/m0/s1. The van der Waals surface area contributed by atoms with Crippen molar-refractivity contribution in [2.45, 2.75) is 25.4 Å². The summed E-state index contributed by atoms with van der Waals surface area (Å²) in [4.78, 5) is 30.4. The lowest BCUT2D eigenvalue weighted by molar-refractivity contribution is -0.120. The number of pyridine rings is 1. The van der Waals surface area contributed by atoms with Crippen molar-refractivity contribution < 1.29 is 4.79 Å². The van der Waals surface area contributed by atoms with Gasteiger partial charge < -0.3 is 5.32 Å². The molecule has 0 spiro atoms. The number of aromatic nitrogens is 4. The highest BCUT2D eigenvalue weighted by atomic mass is 32.1. The van der Waals surface area contributed by atoms with E-state index in [2.05, 4.69) is 25.3 Å². The van der Waals surface area contributed by atoms with Crippen molar-refractivity contribution in [1.82, 2.24) is 25.3 Å². The van der Waals surface area contributed by atoms with Gasteiger partial charge in [-0.1, -0.05) is 30.3 Å². The van der Waals surface area contributed by atoms with E-state index in [9.17, 15) is 4.79 Å². The average Bonchev–Trinajstić information content (AvgIpc) is 3.32. The molecule has 1 atom stereocenters. The third-order valence-electron chi connectivity index (χ3n) is 4.70. The van der Waals surface area contributed by atoms with Gasteiger partial charge in [-0.3, -0.25) is 9.78 Å². The van der Waals surface area contributed by atoms with Gasteiger partial charge in [-0.15, -0.1) is 11.3 Å². The van der Waals surface area contributed by atoms with E-state index >= 15 is 0 Å². The number of thiazole rings is 1. The normalized spacial score (nSPS) is 11.9. The zero-order chi connectivity index (χ0) is 20.6. The molecule has 0 unspecified atom stereocenters. The molecule has 0 radical (unpaired) electrons. The molecular weight excluding hydrogens is 394 g/mol. The summed E-state index contributed by atoms with van der Waals surface area (Å²) in [6.45, 7) is 0.546. The number of carbonyl (C=O) groups excluding carboxylic acids is 1. The number of ketones is 1. The van der Waals surface area contributed by atoms with E-state index in [4.69, 9.17) is 0 Å². The molecule has 0 bridgehead atoms. The number of carbonyl (C=O) groups is 1. The van der Waals surface area contributed by atoms with E-state index in [1.807, 2.05) is 53.9 Å². The van der Waals surface area contributed by atoms with E-state index < -0.39 is 0 Å². The average molecular weight is 416 g/mol. The van der Waals surface area contributed by atoms with Crippen molar-refractivity contribution in [3.63, 3.8) is 0 Å². The molecule has 0 aliphatic rings. The van der Waals surface area contributed by atoms with E-state index in [0.29, 0.717) is 18.8 Å². The van der Waals surface area contributed by atoms with Gasteiger partial charge in [-0.05, 0) is 30.2 Å². The Morgan fingerprint density at radius 1 is 1.00 bits per heavy atom. The molecule has 1 N–H and O–H groups in total. The van der Waals surface area contributed by atoms with E-state index in [-0.39, 0.29) is 18.2 Å². The van der Waals surface area contributed by atoms with Crippen LogP contribution in [0.3, 0.4) is 0 Å². The number of nitrogens with zero attached hydrogens (tertiary/aromatic N) is 4. The first-order valence-electron chi connectivity index (χ1n) is 9.67. The Labute approximate surface area is 179 Å². The second-order valence-corrected chi connectivity index (χ2v) is 7.56. The fourth-order valence-corrected chi connectivity index (χ4v) is 3.71. The minimum absolute atomic E-state index is 0.0564. The molecule has 1 aromatic carbocycles. The maximum atomic E-state index is 13.2. The highest BCUT2D eigenvalue weighted by Crippen LogP contribution is 2.15. The summed E-state index contributed by atoms with van der Waals surface area (Å²) in [7, 11) is 0. The summed E-state index contributed by atoms with van der Waals surface area (Å²) in [5.74, 6) is 0.573. The zero-order valence-electron chi connectivity index (χ0n) is 16.3. The van der Waals surface area contributed by atoms with E-state index in [0.717, 1.165) is 22.5 Å². The third-order valence-corrected chi connectivity index (χ3v) is 5.33. The molecule has 0 saturated heterocycles. The lowest BCUT2D eigenvalue weighted by Crippen LogP contribution is -2.39. The molecule has 30 heavy (non-hydrogen) atoms. The van der Waals surface area contributed by atoms with E-state index in [1.54, 1.807) is 35.4 Å². The van der Waals surface area contributed by atoms with Crippen LogP contribution in [0.25, 0.3) is 11.3 Å². The summed E-state index contributed by atoms with van der Waals surface area (Å²) in [5, 5.41) is 5.35. The molecule has 4 aromatic rings. The topological polar surface area (TPSA) is 80.7 Å². The molecule has 150 valence electrons. The Hall–Kier alpha value is -3.29. The maximum absolute atomic E-state index is 13.2. The van der Waals surface area contributed by atoms with Gasteiger partial charge in [0.2, 0.25) is 0 Å². The number of Topliss-reactive ketones (excluding diaryl/α,β-unsaturated/α-hetero) is 1. The van der Waals surface area contributed by atoms with Crippen LogP contribution in [-0.4, -0.2) is 31.8 Å². The molecular formula is C23H21N5OS. The van der Waals surface area contributed by atoms with Gasteiger partial charge in [0, 0.05) is 36.1 Å². The summed E-state index contributed by atoms with van der Waals surface area (Å²) >= 11 is 1.55. The Bertz CT molecular complexity index is 1070. The van der Waals surface area contributed by atoms with Crippen molar-refractivity contribution >= 4 is 17.1 Å². The van der Waals surface area contributed by atoms with Crippen LogP contribution in [0, 0.1) is 0 Å². The van der Waals surface area contributed by atoms with Crippen LogP contribution in [0.4, 0.5) is 0 Å². The van der Waals surface area contributed by atoms with Crippen LogP contribution in [0.5, 0.6) is 0 Å². The molecule has 3 aromatic heterocycles. The molecule has 4 rings (SSSR count). The van der Waals surface area contributed by atoms with Crippen LogP contribution in [0.2, 0.25) is 0 Å². The quantitative estimate of drug-likeness (QED) is 0.451. The molecule has 6 nitrogen and oxygen atoms in total. The summed E-state index contributed by atoms with van der Waals surface area (Å²) in [6.07, 6.45) is 5.91. The first kappa shape index (κ1) is 20.0. The minimum atomic E-state index is -0.345. The fourth-order valence-electron chi connectivity index (χ4n) is 3.15. The molecule has 3 heterocycles. The highest BCUT2D eigenvalue weighted by molar-refractivity contribution is 7.07. The van der Waals surface area contributed by atoms with Gasteiger partial charge in [-0.2, -0.15) is 0 Å².